The van der Waals surface area contributed by atoms with Crippen molar-refractivity contribution in [3.63, 3.8) is 0 Å². The van der Waals surface area contributed by atoms with E-state index in [1.807, 2.05) is 4.90 Å². The second-order valence-electron chi connectivity index (χ2n) is 13.7. The average molecular weight is 838 g/mol. The number of ether oxygens (including phenoxy) is 9. The maximum atomic E-state index is 13.2. The molecule has 3 aliphatic rings. The van der Waals surface area contributed by atoms with Crippen molar-refractivity contribution < 1.29 is 66.6 Å². The van der Waals surface area contributed by atoms with Crippen molar-refractivity contribution in [3.05, 3.63) is 29.3 Å². The van der Waals surface area contributed by atoms with Crippen molar-refractivity contribution in [2.75, 3.05) is 164 Å². The zero-order valence-corrected chi connectivity index (χ0v) is 34.5. The summed E-state index contributed by atoms with van der Waals surface area (Å²) >= 11 is 0. The number of fused-ring (bicyclic) bond motifs is 1. The zero-order chi connectivity index (χ0) is 41.9. The molecule has 0 saturated carbocycles. The van der Waals surface area contributed by atoms with Gasteiger partial charge in [-0.3, -0.25) is 34.2 Å². The molecular formula is C40H63N5O14. The van der Waals surface area contributed by atoms with Crippen LogP contribution in [-0.4, -0.2) is 208 Å². The summed E-state index contributed by atoms with van der Waals surface area (Å²) in [6.07, 6.45) is 0.572. The number of amides is 5. The summed E-state index contributed by atoms with van der Waals surface area (Å²) in [5.74, 6) is -2.02. The smallest absolute Gasteiger partial charge is 0.264 e. The van der Waals surface area contributed by atoms with E-state index in [2.05, 4.69) is 22.5 Å². The van der Waals surface area contributed by atoms with Crippen LogP contribution in [-0.2, 0) is 57.0 Å². The zero-order valence-electron chi connectivity index (χ0n) is 34.5. The van der Waals surface area contributed by atoms with E-state index in [-0.39, 0.29) is 29.9 Å². The van der Waals surface area contributed by atoms with E-state index in [1.54, 1.807) is 18.2 Å². The van der Waals surface area contributed by atoms with Gasteiger partial charge < -0.3 is 57.7 Å². The molecule has 0 radical (unpaired) electrons. The Balaban J connectivity index is 0.829. The first-order valence-corrected chi connectivity index (χ1v) is 20.7. The Bertz CT molecular complexity index is 1430. The maximum absolute atomic E-state index is 13.2. The lowest BCUT2D eigenvalue weighted by atomic mass is 10.0. The predicted octanol–water partition coefficient (Wildman–Crippen LogP) is 0.203. The summed E-state index contributed by atoms with van der Waals surface area (Å²) in [4.78, 5) is 67.4. The molecule has 2 N–H and O–H groups in total. The van der Waals surface area contributed by atoms with Crippen molar-refractivity contribution in [1.29, 1.82) is 0 Å². The first-order valence-electron chi connectivity index (χ1n) is 20.7. The van der Waals surface area contributed by atoms with Crippen LogP contribution >= 0.6 is 0 Å². The molecule has 1 unspecified atom stereocenters. The van der Waals surface area contributed by atoms with Crippen molar-refractivity contribution in [2.24, 2.45) is 0 Å². The number of piperazine rings is 1. The fourth-order valence-corrected chi connectivity index (χ4v) is 6.41. The lowest BCUT2D eigenvalue weighted by Crippen LogP contribution is -2.54. The third kappa shape index (κ3) is 17.5. The summed E-state index contributed by atoms with van der Waals surface area (Å²) in [5.41, 5.74) is 0.902. The van der Waals surface area contributed by atoms with E-state index >= 15 is 0 Å². The van der Waals surface area contributed by atoms with Crippen LogP contribution in [0.1, 0.15) is 46.9 Å². The molecule has 3 aliphatic heterocycles. The van der Waals surface area contributed by atoms with Crippen molar-refractivity contribution in [1.82, 2.24) is 20.0 Å². The van der Waals surface area contributed by atoms with Gasteiger partial charge in [-0.2, -0.15) is 0 Å². The Morgan fingerprint density at radius 1 is 0.644 bits per heavy atom. The van der Waals surface area contributed by atoms with E-state index in [1.165, 1.54) is 0 Å². The normalized spacial score (nSPS) is 17.2. The van der Waals surface area contributed by atoms with E-state index in [0.717, 1.165) is 37.6 Å². The number of imide groups is 2. The predicted molar refractivity (Wildman–Crippen MR) is 212 cm³/mol. The van der Waals surface area contributed by atoms with Crippen LogP contribution < -0.4 is 10.6 Å². The minimum absolute atomic E-state index is 0.0640. The van der Waals surface area contributed by atoms with Gasteiger partial charge in [-0.15, -0.1) is 0 Å². The van der Waals surface area contributed by atoms with Crippen molar-refractivity contribution >= 4 is 35.2 Å². The van der Waals surface area contributed by atoms with Gasteiger partial charge in [-0.25, -0.2) is 0 Å². The molecule has 0 aromatic heterocycles. The second kappa shape index (κ2) is 28.8. The molecular weight excluding hydrogens is 774 g/mol. The Labute approximate surface area is 346 Å². The minimum atomic E-state index is -1.01. The van der Waals surface area contributed by atoms with E-state index < -0.39 is 29.7 Å². The van der Waals surface area contributed by atoms with Crippen LogP contribution in [0.15, 0.2) is 18.2 Å². The molecule has 1 aromatic rings. The number of hydrogen-bond acceptors (Lipinski definition) is 16. The molecule has 332 valence electrons. The molecule has 1 aromatic carbocycles. The third-order valence-electron chi connectivity index (χ3n) is 9.64. The number of hydrogen-bond donors (Lipinski definition) is 2. The van der Waals surface area contributed by atoms with E-state index in [4.69, 9.17) is 42.6 Å². The van der Waals surface area contributed by atoms with Crippen molar-refractivity contribution in [2.45, 2.75) is 32.2 Å². The number of piperidine rings is 1. The number of likely N-dealkylation sites (N-methyl/N-ethyl adjacent to an activating group) is 1. The van der Waals surface area contributed by atoms with Crippen LogP contribution in [0.4, 0.5) is 5.69 Å². The molecule has 5 amide bonds. The quantitative estimate of drug-likeness (QED) is 0.0718. The first kappa shape index (κ1) is 48.0. The fraction of sp³-hybridized carbons (Fsp3) is 0.725. The SMILES string of the molecule is CCN1CCN(C(=O)CCOCCOCCOCCOCCOCCOCCOCCOCCOCCNc2cccc3c2C(=O)N(C2CCC(=O)NC2=O)C3=O)CC1. The van der Waals surface area contributed by atoms with E-state index in [9.17, 15) is 24.0 Å². The lowest BCUT2D eigenvalue weighted by Gasteiger charge is -2.34. The molecule has 19 nitrogen and oxygen atoms in total. The first-order chi connectivity index (χ1) is 28.9. The Morgan fingerprint density at radius 3 is 1.59 bits per heavy atom. The highest BCUT2D eigenvalue weighted by molar-refractivity contribution is 6.25. The Kier molecular flexibility index (Phi) is 23.4. The summed E-state index contributed by atoms with van der Waals surface area (Å²) in [7, 11) is 0. The topological polar surface area (TPSA) is 202 Å². The lowest BCUT2D eigenvalue weighted by molar-refractivity contribution is -0.136. The Morgan fingerprint density at radius 2 is 1.12 bits per heavy atom. The molecule has 2 fully saturated rings. The standard InChI is InChI=1S/C40H63N5O14/c1-2-43-10-12-44(13-11-43)36(47)8-14-51-16-18-53-20-22-55-24-26-57-28-30-59-31-29-58-27-25-56-23-21-54-19-17-52-15-9-41-33-5-3-4-32-37(33)40(50)45(39(32)49)34-6-7-35(46)42-38(34)48/h3-5,34,41H,2,6-31H2,1H3,(H,42,46,48). The number of rotatable bonds is 33. The highest BCUT2D eigenvalue weighted by Crippen LogP contribution is 2.32. The van der Waals surface area contributed by atoms with Gasteiger partial charge >= 0.3 is 0 Å². The molecule has 19 heteroatoms. The largest absolute Gasteiger partial charge is 0.382 e. The summed E-state index contributed by atoms with van der Waals surface area (Å²) in [6, 6.07) is 3.90. The fourth-order valence-electron chi connectivity index (χ4n) is 6.41. The number of carbonyl (C=O) groups is 5. The molecule has 2 saturated heterocycles. The van der Waals surface area contributed by atoms with Gasteiger partial charge in [0, 0.05) is 44.8 Å². The molecule has 59 heavy (non-hydrogen) atoms. The maximum Gasteiger partial charge on any atom is 0.264 e. The van der Waals surface area contributed by atoms with Gasteiger partial charge in [-0.1, -0.05) is 13.0 Å². The third-order valence-corrected chi connectivity index (χ3v) is 9.64. The monoisotopic (exact) mass is 837 g/mol. The number of nitrogens with zero attached hydrogens (tertiary/aromatic N) is 3. The number of carbonyl (C=O) groups excluding carboxylic acids is 5. The van der Waals surface area contributed by atoms with Gasteiger partial charge in [0.2, 0.25) is 17.7 Å². The average Bonchev–Trinajstić information content (AvgIpc) is 3.50. The molecule has 4 rings (SSSR count). The number of anilines is 1. The molecule has 0 spiro atoms. The second-order valence-corrected chi connectivity index (χ2v) is 13.7. The van der Waals surface area contributed by atoms with Crippen LogP contribution in [0.3, 0.4) is 0 Å². The number of nitrogens with one attached hydrogen (secondary N) is 2. The van der Waals surface area contributed by atoms with Gasteiger partial charge in [0.1, 0.15) is 6.04 Å². The van der Waals surface area contributed by atoms with Crippen molar-refractivity contribution in [3.8, 4) is 0 Å². The van der Waals surface area contributed by atoms with Gasteiger partial charge in [-0.05, 0) is 25.1 Å². The van der Waals surface area contributed by atoms with Gasteiger partial charge in [0.15, 0.2) is 0 Å². The van der Waals surface area contributed by atoms with Gasteiger partial charge in [0.25, 0.3) is 11.8 Å². The van der Waals surface area contributed by atoms with Crippen LogP contribution in [0, 0.1) is 0 Å². The molecule has 1 atom stereocenters. The minimum Gasteiger partial charge on any atom is -0.382 e. The summed E-state index contributed by atoms with van der Waals surface area (Å²) in [5, 5.41) is 5.33. The van der Waals surface area contributed by atoms with Crippen LogP contribution in [0.5, 0.6) is 0 Å². The summed E-state index contributed by atoms with van der Waals surface area (Å²) < 4.78 is 49.7. The summed E-state index contributed by atoms with van der Waals surface area (Å²) in [6.45, 7) is 14.9. The molecule has 0 aliphatic carbocycles. The Hall–Kier alpha value is -3.63. The van der Waals surface area contributed by atoms with Crippen LogP contribution in [0.25, 0.3) is 0 Å². The highest BCUT2D eigenvalue weighted by Gasteiger charge is 2.45. The molecule has 3 heterocycles. The van der Waals surface area contributed by atoms with Crippen LogP contribution in [0.2, 0.25) is 0 Å². The van der Waals surface area contributed by atoms with Gasteiger partial charge in [0.05, 0.1) is 136 Å². The number of benzene rings is 1. The molecule has 0 bridgehead atoms. The van der Waals surface area contributed by atoms with E-state index in [0.29, 0.717) is 138 Å². The highest BCUT2D eigenvalue weighted by atomic mass is 16.6.